The lowest BCUT2D eigenvalue weighted by molar-refractivity contribution is -0.122. The van der Waals surface area contributed by atoms with E-state index in [1.54, 1.807) is 29.6 Å². The molecule has 152 valence electrons. The monoisotopic (exact) mass is 451 g/mol. The average Bonchev–Trinajstić information content (AvgIpc) is 3.20. The number of hydrogen-bond donors (Lipinski definition) is 2. The van der Waals surface area contributed by atoms with E-state index in [0.717, 1.165) is 0 Å². The van der Waals surface area contributed by atoms with Crippen LogP contribution in [0.15, 0.2) is 65.0 Å². The first-order chi connectivity index (χ1) is 13.9. The molecule has 1 atom stereocenters. The Hall–Kier alpha value is -2.62. The Morgan fingerprint density at radius 1 is 1.17 bits per heavy atom. The van der Waals surface area contributed by atoms with Gasteiger partial charge in [-0.3, -0.25) is 9.52 Å². The SMILES string of the molecule is CC[C@@H](Oc1ccc(Cl)cc1)C(=O)Nc1ccc(S(=O)(=O)Nc2nccs2)cc1. The van der Waals surface area contributed by atoms with Crippen LogP contribution in [-0.4, -0.2) is 25.4 Å². The number of halogens is 1. The number of nitrogens with zero attached hydrogens (tertiary/aromatic N) is 1. The van der Waals surface area contributed by atoms with Gasteiger partial charge in [0.05, 0.1) is 4.90 Å². The highest BCUT2D eigenvalue weighted by molar-refractivity contribution is 7.93. The molecule has 0 saturated carbocycles. The van der Waals surface area contributed by atoms with Crippen molar-refractivity contribution in [2.24, 2.45) is 0 Å². The van der Waals surface area contributed by atoms with E-state index in [-0.39, 0.29) is 15.9 Å². The fourth-order valence-corrected chi connectivity index (χ4v) is 4.30. The molecule has 0 spiro atoms. The minimum atomic E-state index is -3.74. The molecule has 1 amide bonds. The van der Waals surface area contributed by atoms with E-state index >= 15 is 0 Å². The van der Waals surface area contributed by atoms with Gasteiger partial charge in [-0.25, -0.2) is 13.4 Å². The van der Waals surface area contributed by atoms with Crippen LogP contribution >= 0.6 is 22.9 Å². The van der Waals surface area contributed by atoms with Crippen molar-refractivity contribution in [1.82, 2.24) is 4.98 Å². The molecule has 0 unspecified atom stereocenters. The number of ether oxygens (including phenoxy) is 1. The van der Waals surface area contributed by atoms with Crippen LogP contribution in [0.1, 0.15) is 13.3 Å². The summed E-state index contributed by atoms with van der Waals surface area (Å²) in [5.41, 5.74) is 0.460. The Labute approximate surface area is 177 Å². The number of carbonyl (C=O) groups excluding carboxylic acids is 1. The van der Waals surface area contributed by atoms with E-state index in [0.29, 0.717) is 22.9 Å². The molecule has 29 heavy (non-hydrogen) atoms. The van der Waals surface area contributed by atoms with Gasteiger partial charge in [0, 0.05) is 22.3 Å². The molecular weight excluding hydrogens is 434 g/mol. The fourth-order valence-electron chi connectivity index (χ4n) is 2.39. The molecule has 1 aromatic heterocycles. The molecule has 1 heterocycles. The third-order valence-electron chi connectivity index (χ3n) is 3.84. The first-order valence-corrected chi connectivity index (χ1v) is 11.4. The van der Waals surface area contributed by atoms with Crippen LogP contribution in [0.3, 0.4) is 0 Å². The number of amides is 1. The van der Waals surface area contributed by atoms with Crippen molar-refractivity contribution in [2.45, 2.75) is 24.3 Å². The largest absolute Gasteiger partial charge is 0.481 e. The lowest BCUT2D eigenvalue weighted by Crippen LogP contribution is -2.32. The van der Waals surface area contributed by atoms with Crippen molar-refractivity contribution in [3.05, 3.63) is 65.1 Å². The minimum Gasteiger partial charge on any atom is -0.481 e. The summed E-state index contributed by atoms with van der Waals surface area (Å²) in [5, 5.41) is 5.27. The van der Waals surface area contributed by atoms with Gasteiger partial charge in [0.15, 0.2) is 11.2 Å². The van der Waals surface area contributed by atoms with E-state index in [1.807, 2.05) is 6.92 Å². The maximum absolute atomic E-state index is 12.5. The van der Waals surface area contributed by atoms with E-state index in [4.69, 9.17) is 16.3 Å². The molecule has 0 aliphatic carbocycles. The van der Waals surface area contributed by atoms with Crippen molar-refractivity contribution in [3.63, 3.8) is 0 Å². The number of benzene rings is 2. The Morgan fingerprint density at radius 3 is 2.45 bits per heavy atom. The number of hydrogen-bond acceptors (Lipinski definition) is 6. The molecule has 2 N–H and O–H groups in total. The minimum absolute atomic E-state index is 0.0650. The number of anilines is 2. The highest BCUT2D eigenvalue weighted by Gasteiger charge is 2.20. The second kappa shape index (κ2) is 9.25. The van der Waals surface area contributed by atoms with Gasteiger partial charge >= 0.3 is 0 Å². The molecule has 2 aromatic carbocycles. The maximum Gasteiger partial charge on any atom is 0.265 e. The first-order valence-electron chi connectivity index (χ1n) is 8.63. The molecule has 0 fully saturated rings. The number of carbonyl (C=O) groups is 1. The molecule has 3 rings (SSSR count). The Kier molecular flexibility index (Phi) is 6.73. The molecule has 0 radical (unpaired) electrons. The van der Waals surface area contributed by atoms with Crippen LogP contribution in [0.25, 0.3) is 0 Å². The quantitative estimate of drug-likeness (QED) is 0.529. The number of nitrogens with one attached hydrogen (secondary N) is 2. The van der Waals surface area contributed by atoms with Gasteiger partial charge in [-0.1, -0.05) is 18.5 Å². The molecule has 0 saturated heterocycles. The normalized spacial score (nSPS) is 12.2. The molecular formula is C19H18ClN3O4S2. The third kappa shape index (κ3) is 5.69. The molecule has 0 bridgehead atoms. The molecule has 0 aliphatic rings. The number of thiazole rings is 1. The highest BCUT2D eigenvalue weighted by Crippen LogP contribution is 2.21. The van der Waals surface area contributed by atoms with Crippen molar-refractivity contribution in [3.8, 4) is 5.75 Å². The third-order valence-corrected chi connectivity index (χ3v) is 6.27. The van der Waals surface area contributed by atoms with Gasteiger partial charge in [0.1, 0.15) is 5.75 Å². The number of sulfonamides is 1. The predicted octanol–water partition coefficient (Wildman–Crippen LogP) is 4.39. The summed E-state index contributed by atoms with van der Waals surface area (Å²) in [6.07, 6.45) is 1.27. The summed E-state index contributed by atoms with van der Waals surface area (Å²) in [4.78, 5) is 16.5. The van der Waals surface area contributed by atoms with Gasteiger partial charge in [0.25, 0.3) is 15.9 Å². The average molecular weight is 452 g/mol. The predicted molar refractivity (Wildman–Crippen MR) is 114 cm³/mol. The summed E-state index contributed by atoms with van der Waals surface area (Å²) in [7, 11) is -3.74. The molecule has 0 aliphatic heterocycles. The maximum atomic E-state index is 12.5. The van der Waals surface area contributed by atoms with Crippen LogP contribution in [0.5, 0.6) is 5.75 Å². The van der Waals surface area contributed by atoms with E-state index in [9.17, 15) is 13.2 Å². The molecule has 3 aromatic rings. The zero-order chi connectivity index (χ0) is 20.9. The van der Waals surface area contributed by atoms with Crippen LogP contribution in [0.4, 0.5) is 10.8 Å². The van der Waals surface area contributed by atoms with Gasteiger partial charge in [-0.15, -0.1) is 11.3 Å². The van der Waals surface area contributed by atoms with Gasteiger partial charge in [0.2, 0.25) is 0 Å². The van der Waals surface area contributed by atoms with Crippen molar-refractivity contribution in [1.29, 1.82) is 0 Å². The van der Waals surface area contributed by atoms with Crippen LogP contribution < -0.4 is 14.8 Å². The van der Waals surface area contributed by atoms with E-state index in [2.05, 4.69) is 15.0 Å². The summed E-state index contributed by atoms with van der Waals surface area (Å²) >= 11 is 7.03. The van der Waals surface area contributed by atoms with Crippen molar-refractivity contribution >= 4 is 49.7 Å². The highest BCUT2D eigenvalue weighted by atomic mass is 35.5. The van der Waals surface area contributed by atoms with Crippen LogP contribution in [0.2, 0.25) is 5.02 Å². The second-order valence-corrected chi connectivity index (χ2v) is 8.94. The van der Waals surface area contributed by atoms with E-state index < -0.39 is 16.1 Å². The standard InChI is InChI=1S/C19H18ClN3O4S2/c1-2-17(27-15-7-3-13(20)4-8-15)18(24)22-14-5-9-16(10-6-14)29(25,26)23-19-21-11-12-28-19/h3-12,17H,2H2,1H3,(H,21,23)(H,22,24)/t17-/m1/s1. The molecule has 7 nitrogen and oxygen atoms in total. The van der Waals surface area contributed by atoms with Crippen molar-refractivity contribution < 1.29 is 17.9 Å². The van der Waals surface area contributed by atoms with E-state index in [1.165, 1.54) is 41.8 Å². The number of rotatable bonds is 8. The van der Waals surface area contributed by atoms with Gasteiger partial charge < -0.3 is 10.1 Å². The zero-order valence-electron chi connectivity index (χ0n) is 15.3. The smallest absolute Gasteiger partial charge is 0.265 e. The van der Waals surface area contributed by atoms with Crippen LogP contribution in [0, 0.1) is 0 Å². The Balaban J connectivity index is 1.64. The summed E-state index contributed by atoms with van der Waals surface area (Å²) in [5.74, 6) is 0.199. The first kappa shape index (κ1) is 21.1. The Morgan fingerprint density at radius 2 is 1.86 bits per heavy atom. The van der Waals surface area contributed by atoms with Crippen LogP contribution in [-0.2, 0) is 14.8 Å². The second-order valence-electron chi connectivity index (χ2n) is 5.93. The van der Waals surface area contributed by atoms with Crippen molar-refractivity contribution in [2.75, 3.05) is 10.0 Å². The van der Waals surface area contributed by atoms with Gasteiger partial charge in [-0.2, -0.15) is 0 Å². The molecule has 10 heteroatoms. The lowest BCUT2D eigenvalue weighted by Gasteiger charge is -2.17. The summed E-state index contributed by atoms with van der Waals surface area (Å²) < 4.78 is 32.8. The fraction of sp³-hybridized carbons (Fsp3) is 0.158. The topological polar surface area (TPSA) is 97.4 Å². The van der Waals surface area contributed by atoms with Gasteiger partial charge in [-0.05, 0) is 55.0 Å². The number of aromatic nitrogens is 1. The summed E-state index contributed by atoms with van der Waals surface area (Å²) in [6, 6.07) is 12.6. The Bertz CT molecular complexity index is 1050. The lowest BCUT2D eigenvalue weighted by atomic mass is 10.2. The summed E-state index contributed by atoms with van der Waals surface area (Å²) in [6.45, 7) is 1.83. The zero-order valence-corrected chi connectivity index (χ0v) is 17.7.